The molecule has 0 aliphatic rings. The topological polar surface area (TPSA) is 41.6 Å². The maximum atomic E-state index is 10.8. The van der Waals surface area contributed by atoms with Crippen LogP contribution < -0.4 is 5.32 Å². The molecule has 58 valence electrons. The van der Waals surface area contributed by atoms with Crippen molar-refractivity contribution in [3.8, 4) is 0 Å². The number of hydrogen-bond acceptors (Lipinski definition) is 2. The van der Waals surface area contributed by atoms with E-state index in [1.807, 2.05) is 0 Å². The normalized spacial score (nSPS) is 8.60. The van der Waals surface area contributed by atoms with Crippen LogP contribution >= 0.6 is 0 Å². The highest BCUT2D eigenvalue weighted by Gasteiger charge is 2.03. The maximum Gasteiger partial charge on any atom is 0.341 e. The van der Waals surface area contributed by atoms with Crippen molar-refractivity contribution in [3.05, 3.63) is 12.7 Å². The van der Waals surface area contributed by atoms with Gasteiger partial charge in [-0.15, -0.1) is 6.58 Å². The van der Waals surface area contributed by atoms with Gasteiger partial charge < -0.3 is 5.32 Å². The third kappa shape index (κ3) is 3.09. The molecular formula is C6H12N2O2. The molecule has 2 amide bonds. The third-order valence-electron chi connectivity index (χ3n) is 0.957. The monoisotopic (exact) mass is 144 g/mol. The highest BCUT2D eigenvalue weighted by molar-refractivity contribution is 5.72. The Kier molecular flexibility index (Phi) is 4.32. The minimum atomic E-state index is -0.276. The molecule has 0 aromatic rings. The summed E-state index contributed by atoms with van der Waals surface area (Å²) in [6, 6.07) is -0.276. The van der Waals surface area contributed by atoms with Crippen molar-refractivity contribution in [2.24, 2.45) is 0 Å². The second kappa shape index (κ2) is 4.81. The van der Waals surface area contributed by atoms with Crippen LogP contribution in [0.5, 0.6) is 0 Å². The fourth-order valence-corrected chi connectivity index (χ4v) is 0.354. The fourth-order valence-electron chi connectivity index (χ4n) is 0.354. The van der Waals surface area contributed by atoms with Crippen LogP contribution in [0.25, 0.3) is 0 Å². The van der Waals surface area contributed by atoms with E-state index in [0.29, 0.717) is 6.54 Å². The third-order valence-corrected chi connectivity index (χ3v) is 0.957. The summed E-state index contributed by atoms with van der Waals surface area (Å²) >= 11 is 0. The molecule has 1 N–H and O–H groups in total. The van der Waals surface area contributed by atoms with Crippen LogP contribution in [0.2, 0.25) is 0 Å². The zero-order chi connectivity index (χ0) is 7.98. The number of nitrogens with zero attached hydrogens (tertiary/aromatic N) is 1. The number of urea groups is 1. The van der Waals surface area contributed by atoms with Gasteiger partial charge in [-0.25, -0.2) is 9.86 Å². The van der Waals surface area contributed by atoms with E-state index in [0.717, 1.165) is 5.06 Å². The van der Waals surface area contributed by atoms with E-state index in [1.165, 1.54) is 14.2 Å². The molecule has 0 aromatic carbocycles. The summed E-state index contributed by atoms with van der Waals surface area (Å²) in [5, 5.41) is 3.63. The summed E-state index contributed by atoms with van der Waals surface area (Å²) in [6.45, 7) is 3.89. The van der Waals surface area contributed by atoms with Crippen molar-refractivity contribution in [1.82, 2.24) is 10.4 Å². The van der Waals surface area contributed by atoms with Crippen molar-refractivity contribution < 1.29 is 9.63 Å². The Hall–Kier alpha value is -1.03. The molecule has 0 heterocycles. The SMILES string of the molecule is C=CCNC(=O)N(C)OC. The summed E-state index contributed by atoms with van der Waals surface area (Å²) in [5.74, 6) is 0. The molecule has 0 spiro atoms. The highest BCUT2D eigenvalue weighted by atomic mass is 16.7. The summed E-state index contributed by atoms with van der Waals surface area (Å²) < 4.78 is 0. The number of hydrogen-bond donors (Lipinski definition) is 1. The largest absolute Gasteiger partial charge is 0.341 e. The number of carbonyl (C=O) groups is 1. The average Bonchev–Trinajstić information content (AvgIpc) is 1.98. The van der Waals surface area contributed by atoms with Crippen LogP contribution in [0.3, 0.4) is 0 Å². The fraction of sp³-hybridized carbons (Fsp3) is 0.500. The second-order valence-corrected chi connectivity index (χ2v) is 1.65. The van der Waals surface area contributed by atoms with Gasteiger partial charge in [-0.05, 0) is 0 Å². The van der Waals surface area contributed by atoms with Crippen LogP contribution in [0.15, 0.2) is 12.7 Å². The van der Waals surface area contributed by atoms with Gasteiger partial charge >= 0.3 is 6.03 Å². The van der Waals surface area contributed by atoms with Gasteiger partial charge in [-0.1, -0.05) is 6.08 Å². The molecule has 0 atom stereocenters. The zero-order valence-electron chi connectivity index (χ0n) is 6.26. The van der Waals surface area contributed by atoms with Crippen LogP contribution in [0.1, 0.15) is 0 Å². The first-order valence-electron chi connectivity index (χ1n) is 2.89. The van der Waals surface area contributed by atoms with Gasteiger partial charge in [-0.2, -0.15) is 0 Å². The maximum absolute atomic E-state index is 10.8. The molecule has 4 heteroatoms. The molecule has 10 heavy (non-hydrogen) atoms. The molecule has 0 aliphatic heterocycles. The minimum Gasteiger partial charge on any atom is -0.333 e. The minimum absolute atomic E-state index is 0.276. The van der Waals surface area contributed by atoms with Gasteiger partial charge in [0.15, 0.2) is 0 Å². The van der Waals surface area contributed by atoms with Gasteiger partial charge in [0.2, 0.25) is 0 Å². The van der Waals surface area contributed by atoms with Gasteiger partial charge in [0, 0.05) is 13.6 Å². The van der Waals surface area contributed by atoms with Crippen LogP contribution in [0, 0.1) is 0 Å². The van der Waals surface area contributed by atoms with Crippen molar-refractivity contribution >= 4 is 6.03 Å². The molecule has 4 nitrogen and oxygen atoms in total. The number of rotatable bonds is 3. The number of amides is 2. The Labute approximate surface area is 60.4 Å². The van der Waals surface area contributed by atoms with Crippen molar-refractivity contribution in [2.45, 2.75) is 0 Å². The Morgan fingerprint density at radius 1 is 1.90 bits per heavy atom. The number of hydroxylamine groups is 2. The average molecular weight is 144 g/mol. The molecule has 0 rings (SSSR count). The molecule has 0 aliphatic carbocycles. The molecule has 0 saturated carbocycles. The first-order valence-corrected chi connectivity index (χ1v) is 2.89. The zero-order valence-corrected chi connectivity index (χ0v) is 6.26. The highest BCUT2D eigenvalue weighted by Crippen LogP contribution is 1.81. The Balaban J connectivity index is 3.51. The van der Waals surface area contributed by atoms with E-state index in [4.69, 9.17) is 0 Å². The van der Waals surface area contributed by atoms with E-state index >= 15 is 0 Å². The summed E-state index contributed by atoms with van der Waals surface area (Å²) in [7, 11) is 2.95. The van der Waals surface area contributed by atoms with Crippen LogP contribution in [-0.2, 0) is 4.84 Å². The standard InChI is InChI=1S/C6H12N2O2/c1-4-5-7-6(9)8(2)10-3/h4H,1,5H2,2-3H3,(H,7,9). The Morgan fingerprint density at radius 3 is 2.90 bits per heavy atom. The summed E-state index contributed by atoms with van der Waals surface area (Å²) in [4.78, 5) is 15.4. The predicted molar refractivity (Wildman–Crippen MR) is 38.4 cm³/mol. The van der Waals surface area contributed by atoms with Gasteiger partial charge in [-0.3, -0.25) is 4.84 Å². The van der Waals surface area contributed by atoms with E-state index in [2.05, 4.69) is 16.7 Å². The first-order chi connectivity index (χ1) is 4.72. The smallest absolute Gasteiger partial charge is 0.333 e. The Bertz CT molecular complexity index is 125. The van der Waals surface area contributed by atoms with E-state index in [-0.39, 0.29) is 6.03 Å². The van der Waals surface area contributed by atoms with Gasteiger partial charge in [0.1, 0.15) is 0 Å². The number of carbonyl (C=O) groups excluding carboxylic acids is 1. The number of nitrogens with one attached hydrogen (secondary N) is 1. The van der Waals surface area contributed by atoms with Crippen LogP contribution in [0.4, 0.5) is 4.79 Å². The summed E-state index contributed by atoms with van der Waals surface area (Å²) in [5.41, 5.74) is 0. The van der Waals surface area contributed by atoms with Crippen molar-refractivity contribution in [2.75, 3.05) is 20.7 Å². The van der Waals surface area contributed by atoms with Crippen molar-refractivity contribution in [3.63, 3.8) is 0 Å². The molecule has 0 fully saturated rings. The molecule has 0 saturated heterocycles. The predicted octanol–water partition coefficient (Wildman–Crippen LogP) is 0.375. The molecule has 0 aromatic heterocycles. The molecule has 0 bridgehead atoms. The lowest BCUT2D eigenvalue weighted by atomic mass is 10.6. The van der Waals surface area contributed by atoms with E-state index in [1.54, 1.807) is 6.08 Å². The molecular weight excluding hydrogens is 132 g/mol. The van der Waals surface area contributed by atoms with Crippen LogP contribution in [-0.4, -0.2) is 31.8 Å². The molecule has 0 unspecified atom stereocenters. The lowest BCUT2D eigenvalue weighted by molar-refractivity contribution is -0.0644. The van der Waals surface area contributed by atoms with E-state index in [9.17, 15) is 4.79 Å². The first kappa shape index (κ1) is 8.97. The van der Waals surface area contributed by atoms with Crippen molar-refractivity contribution in [1.29, 1.82) is 0 Å². The Morgan fingerprint density at radius 2 is 2.50 bits per heavy atom. The van der Waals surface area contributed by atoms with Gasteiger partial charge in [0.25, 0.3) is 0 Å². The van der Waals surface area contributed by atoms with E-state index < -0.39 is 0 Å². The lowest BCUT2D eigenvalue weighted by Gasteiger charge is -2.13. The van der Waals surface area contributed by atoms with Gasteiger partial charge in [0.05, 0.1) is 7.11 Å². The summed E-state index contributed by atoms with van der Waals surface area (Å²) in [6.07, 6.45) is 1.60. The lowest BCUT2D eigenvalue weighted by Crippen LogP contribution is -2.36. The molecule has 0 radical (unpaired) electrons. The quantitative estimate of drug-likeness (QED) is 0.459. The second-order valence-electron chi connectivity index (χ2n) is 1.65.